The van der Waals surface area contributed by atoms with Crippen LogP contribution in [0.4, 0.5) is 0 Å². The Bertz CT molecular complexity index is 73.5. The van der Waals surface area contributed by atoms with Crippen LogP contribution in [-0.2, 0) is 4.43 Å². The largest absolute Gasteiger partial charge is 0.424 e. The second kappa shape index (κ2) is 7.63. The lowest BCUT2D eigenvalue weighted by molar-refractivity contribution is 0.304. The molecule has 0 aromatic rings. The van der Waals surface area contributed by atoms with Gasteiger partial charge in [0.2, 0.25) is 0 Å². The molecular formula is C6H13NOSi. The predicted octanol–water partition coefficient (Wildman–Crippen LogP) is 0.720. The van der Waals surface area contributed by atoms with Crippen molar-refractivity contribution in [1.82, 2.24) is 0 Å². The fourth-order valence-corrected chi connectivity index (χ4v) is 1.86. The summed E-state index contributed by atoms with van der Waals surface area (Å²) in [6.07, 6.45) is 2.75. The van der Waals surface area contributed by atoms with E-state index in [-0.39, 0.29) is 9.76 Å². The summed E-state index contributed by atoms with van der Waals surface area (Å²) in [4.78, 5) is 0. The minimum atomic E-state index is 0.00849. The van der Waals surface area contributed by atoms with Crippen LogP contribution < -0.4 is 0 Å². The highest BCUT2D eigenvalue weighted by Gasteiger charge is 1.96. The molecule has 0 aliphatic carbocycles. The fraction of sp³-hybridized carbons (Fsp3) is 0.667. The summed E-state index contributed by atoms with van der Waals surface area (Å²) in [5, 5.41) is 5.85. The maximum Gasteiger partial charge on any atom is 0.161 e. The van der Waals surface area contributed by atoms with E-state index in [9.17, 15) is 0 Å². The van der Waals surface area contributed by atoms with E-state index in [1.807, 2.05) is 0 Å². The molecule has 3 heteroatoms. The summed E-state index contributed by atoms with van der Waals surface area (Å²) in [5.41, 5.74) is 0. The molecule has 0 aromatic heterocycles. The van der Waals surface area contributed by atoms with Crippen LogP contribution in [0.25, 0.3) is 0 Å². The van der Waals surface area contributed by atoms with Crippen LogP contribution in [0.15, 0.2) is 6.58 Å². The van der Waals surface area contributed by atoms with Gasteiger partial charge in [-0.25, -0.2) is 0 Å². The van der Waals surface area contributed by atoms with E-state index < -0.39 is 0 Å². The fourth-order valence-electron chi connectivity index (χ4n) is 0.687. The Morgan fingerprint density at radius 3 is 2.33 bits per heavy atom. The lowest BCUT2D eigenvalue weighted by Crippen LogP contribution is -2.06. The molecule has 1 saturated heterocycles. The van der Waals surface area contributed by atoms with Crippen molar-refractivity contribution < 1.29 is 4.43 Å². The van der Waals surface area contributed by atoms with Gasteiger partial charge in [0.25, 0.3) is 0 Å². The van der Waals surface area contributed by atoms with Crippen molar-refractivity contribution in [2.75, 3.05) is 6.61 Å². The first-order valence-electron chi connectivity index (χ1n) is 3.18. The van der Waals surface area contributed by atoms with Gasteiger partial charge in [-0.05, 0) is 24.9 Å². The van der Waals surface area contributed by atoms with Gasteiger partial charge in [0.05, 0.1) is 0 Å². The third-order valence-corrected chi connectivity index (χ3v) is 2.44. The van der Waals surface area contributed by atoms with Crippen LogP contribution in [-0.4, -0.2) is 22.2 Å². The van der Waals surface area contributed by atoms with Crippen LogP contribution >= 0.6 is 0 Å². The second-order valence-electron chi connectivity index (χ2n) is 1.85. The standard InChI is InChI=1S/C4H10OSi.C2H3N/c1-2-4-6-5-3-1;1-2-3/h1-4,6H2;3H,1H2. The highest BCUT2D eigenvalue weighted by Crippen LogP contribution is 2.01. The molecule has 1 N–H and O–H groups in total. The van der Waals surface area contributed by atoms with Gasteiger partial charge in [-0.3, -0.25) is 5.41 Å². The molecule has 0 radical (unpaired) electrons. The molecule has 0 bridgehead atoms. The van der Waals surface area contributed by atoms with Crippen molar-refractivity contribution >= 4 is 15.6 Å². The Morgan fingerprint density at radius 2 is 2.22 bits per heavy atom. The van der Waals surface area contributed by atoms with E-state index in [1.54, 1.807) is 5.87 Å². The predicted molar refractivity (Wildman–Crippen MR) is 41.9 cm³/mol. The Kier molecular flexibility index (Phi) is 7.31. The topological polar surface area (TPSA) is 33.1 Å². The average molecular weight is 143 g/mol. The van der Waals surface area contributed by atoms with Crippen LogP contribution in [0.3, 0.4) is 0 Å². The average Bonchev–Trinajstić information content (AvgIpc) is 1.93. The monoisotopic (exact) mass is 143 g/mol. The molecule has 0 spiro atoms. The third-order valence-electron chi connectivity index (χ3n) is 1.08. The van der Waals surface area contributed by atoms with Crippen molar-refractivity contribution in [3.8, 4) is 0 Å². The molecule has 1 aliphatic rings. The maximum absolute atomic E-state index is 5.85. The molecule has 2 nitrogen and oxygen atoms in total. The van der Waals surface area contributed by atoms with Crippen molar-refractivity contribution in [3.63, 3.8) is 0 Å². The zero-order valence-electron chi connectivity index (χ0n) is 5.65. The molecular weight excluding hydrogens is 130 g/mol. The summed E-state index contributed by atoms with van der Waals surface area (Å²) >= 11 is 0. The normalized spacial score (nSPS) is 19.6. The quantitative estimate of drug-likeness (QED) is 0.393. The van der Waals surface area contributed by atoms with Crippen LogP contribution in [0.5, 0.6) is 0 Å². The second-order valence-corrected chi connectivity index (χ2v) is 3.37. The Balaban J connectivity index is 0.000000187. The summed E-state index contributed by atoms with van der Waals surface area (Å²) in [6.45, 7) is 3.96. The van der Waals surface area contributed by atoms with Crippen LogP contribution in [0, 0.1) is 5.41 Å². The molecule has 9 heavy (non-hydrogen) atoms. The number of hydrogen-bond acceptors (Lipinski definition) is 2. The first-order valence-corrected chi connectivity index (χ1v) is 4.76. The zero-order valence-corrected chi connectivity index (χ0v) is 7.07. The van der Waals surface area contributed by atoms with E-state index >= 15 is 0 Å². The summed E-state index contributed by atoms with van der Waals surface area (Å²) in [5.74, 6) is 1.75. The first kappa shape index (κ1) is 8.63. The molecule has 0 saturated carbocycles. The maximum atomic E-state index is 5.85. The van der Waals surface area contributed by atoms with E-state index in [0.29, 0.717) is 0 Å². The zero-order chi connectivity index (χ0) is 6.95. The van der Waals surface area contributed by atoms with Gasteiger partial charge in [0.1, 0.15) is 0 Å². The Labute approximate surface area is 58.4 Å². The molecule has 1 heterocycles. The van der Waals surface area contributed by atoms with Gasteiger partial charge in [-0.1, -0.05) is 6.42 Å². The minimum absolute atomic E-state index is 0.00849. The van der Waals surface area contributed by atoms with Crippen molar-refractivity contribution in [1.29, 1.82) is 5.41 Å². The van der Waals surface area contributed by atoms with Crippen molar-refractivity contribution in [2.24, 2.45) is 0 Å². The smallest absolute Gasteiger partial charge is 0.161 e. The molecule has 1 fully saturated rings. The third kappa shape index (κ3) is 7.63. The van der Waals surface area contributed by atoms with Crippen molar-refractivity contribution in [3.05, 3.63) is 6.58 Å². The van der Waals surface area contributed by atoms with Crippen molar-refractivity contribution in [2.45, 2.75) is 18.9 Å². The Hall–Kier alpha value is -0.373. The van der Waals surface area contributed by atoms with Gasteiger partial charge in [-0.2, -0.15) is 0 Å². The number of hydrogen-bond donors (Lipinski definition) is 1. The van der Waals surface area contributed by atoms with E-state index in [4.69, 9.17) is 9.84 Å². The number of rotatable bonds is 0. The van der Waals surface area contributed by atoms with E-state index in [1.165, 1.54) is 18.9 Å². The highest BCUT2D eigenvalue weighted by atomic mass is 28.2. The first-order chi connectivity index (χ1) is 4.41. The molecule has 0 amide bonds. The summed E-state index contributed by atoms with van der Waals surface area (Å²) in [6, 6.07) is 1.42. The van der Waals surface area contributed by atoms with Gasteiger partial charge < -0.3 is 4.43 Å². The van der Waals surface area contributed by atoms with Crippen LogP contribution in [0.1, 0.15) is 12.8 Å². The Morgan fingerprint density at radius 1 is 1.56 bits per heavy atom. The molecule has 1 aliphatic heterocycles. The summed E-state index contributed by atoms with van der Waals surface area (Å²) in [7, 11) is 0.00849. The van der Waals surface area contributed by atoms with Gasteiger partial charge >= 0.3 is 0 Å². The van der Waals surface area contributed by atoms with E-state index in [0.717, 1.165) is 6.61 Å². The van der Waals surface area contributed by atoms with E-state index in [2.05, 4.69) is 6.58 Å². The lowest BCUT2D eigenvalue weighted by atomic mass is 10.4. The number of nitrogens with one attached hydrogen (secondary N) is 1. The molecule has 0 atom stereocenters. The molecule has 1 rings (SSSR count). The highest BCUT2D eigenvalue weighted by molar-refractivity contribution is 6.27. The van der Waals surface area contributed by atoms with Crippen LogP contribution in [0.2, 0.25) is 6.04 Å². The molecule has 0 unspecified atom stereocenters. The molecule has 0 aromatic carbocycles. The lowest BCUT2D eigenvalue weighted by Gasteiger charge is -2.07. The summed E-state index contributed by atoms with van der Waals surface area (Å²) < 4.78 is 5.21. The van der Waals surface area contributed by atoms with Gasteiger partial charge in [0, 0.05) is 6.61 Å². The van der Waals surface area contributed by atoms with Gasteiger partial charge in [0.15, 0.2) is 9.76 Å². The van der Waals surface area contributed by atoms with Gasteiger partial charge in [-0.15, -0.1) is 0 Å². The SMILES string of the molecule is C1CC[SiH2]OC1.C=C=N. The minimum Gasteiger partial charge on any atom is -0.424 e. The molecule has 52 valence electrons.